The smallest absolute Gasteiger partial charge is 0.360 e. The van der Waals surface area contributed by atoms with Crippen LogP contribution in [0.4, 0.5) is 0 Å². The van der Waals surface area contributed by atoms with Gasteiger partial charge in [-0.3, -0.25) is 4.98 Å². The fourth-order valence-corrected chi connectivity index (χ4v) is 2.55. The third kappa shape index (κ3) is 3.04. The normalized spacial score (nSPS) is 11.6. The fraction of sp³-hybridized carbons (Fsp3) is 0.538. The third-order valence-electron chi connectivity index (χ3n) is 2.70. The quantitative estimate of drug-likeness (QED) is 0.809. The topological polar surface area (TPSA) is 69.9 Å². The molecule has 0 bridgehead atoms. The Balaban J connectivity index is 2.40. The summed E-state index contributed by atoms with van der Waals surface area (Å²) in [6.45, 7) is 8.73. The van der Waals surface area contributed by atoms with Crippen LogP contribution in [0, 0.1) is 0 Å². The molecule has 0 amide bonds. The molecular formula is C13H18N4O2S. The summed E-state index contributed by atoms with van der Waals surface area (Å²) in [5, 5.41) is 8.11. The first-order valence-corrected chi connectivity index (χ1v) is 7.30. The maximum Gasteiger partial charge on any atom is 0.360 e. The van der Waals surface area contributed by atoms with Gasteiger partial charge in [0.25, 0.3) is 0 Å². The second-order valence-corrected chi connectivity index (χ2v) is 6.35. The van der Waals surface area contributed by atoms with Crippen molar-refractivity contribution in [3.05, 3.63) is 28.0 Å². The third-order valence-corrected chi connectivity index (χ3v) is 3.47. The average Bonchev–Trinajstić information content (AvgIpc) is 2.98. The van der Waals surface area contributed by atoms with Crippen LogP contribution in [0.1, 0.15) is 48.8 Å². The summed E-state index contributed by atoms with van der Waals surface area (Å²) in [5.41, 5.74) is 2.60. The van der Waals surface area contributed by atoms with Crippen LogP contribution in [0.25, 0.3) is 0 Å². The molecule has 0 aliphatic heterocycles. The molecule has 0 aliphatic rings. The summed E-state index contributed by atoms with van der Waals surface area (Å²) in [6.07, 6.45) is 1.79. The molecule has 0 N–H and O–H groups in total. The summed E-state index contributed by atoms with van der Waals surface area (Å²) in [4.78, 5) is 17.1. The lowest BCUT2D eigenvalue weighted by molar-refractivity contribution is 0.0516. The molecule has 0 spiro atoms. The summed E-state index contributed by atoms with van der Waals surface area (Å²) in [5.74, 6) is -0.423. The Kier molecular flexibility index (Phi) is 4.17. The Morgan fingerprint density at radius 1 is 1.45 bits per heavy atom. The standard InChI is InChI=1S/C13H18N4O2S/c1-5-19-12(18)10-11(13(2,3)4)17(16-15-10)7-9-6-14-8-20-9/h6,8H,5,7H2,1-4H3. The highest BCUT2D eigenvalue weighted by Gasteiger charge is 2.30. The molecule has 20 heavy (non-hydrogen) atoms. The number of carbonyl (C=O) groups is 1. The van der Waals surface area contributed by atoms with Crippen molar-refractivity contribution in [2.45, 2.75) is 39.7 Å². The van der Waals surface area contributed by atoms with Gasteiger partial charge in [-0.05, 0) is 6.92 Å². The van der Waals surface area contributed by atoms with E-state index in [0.29, 0.717) is 18.8 Å². The Hall–Kier alpha value is -1.76. The van der Waals surface area contributed by atoms with E-state index in [1.165, 1.54) is 0 Å². The van der Waals surface area contributed by atoms with Crippen molar-refractivity contribution in [3.8, 4) is 0 Å². The molecule has 0 aromatic carbocycles. The van der Waals surface area contributed by atoms with E-state index in [4.69, 9.17) is 4.74 Å². The summed E-state index contributed by atoms with van der Waals surface area (Å²) < 4.78 is 6.80. The van der Waals surface area contributed by atoms with Crippen LogP contribution in [-0.2, 0) is 16.7 Å². The minimum absolute atomic E-state index is 0.254. The van der Waals surface area contributed by atoms with Gasteiger partial charge in [-0.2, -0.15) is 0 Å². The number of aromatic nitrogens is 4. The van der Waals surface area contributed by atoms with Crippen LogP contribution in [-0.4, -0.2) is 32.6 Å². The van der Waals surface area contributed by atoms with Gasteiger partial charge in [0.15, 0.2) is 5.69 Å². The predicted octanol–water partition coefficient (Wildman–Crippen LogP) is 2.26. The van der Waals surface area contributed by atoms with Gasteiger partial charge in [0, 0.05) is 16.5 Å². The maximum absolute atomic E-state index is 12.0. The zero-order valence-electron chi connectivity index (χ0n) is 12.1. The van der Waals surface area contributed by atoms with Crippen LogP contribution >= 0.6 is 11.3 Å². The van der Waals surface area contributed by atoms with E-state index in [2.05, 4.69) is 15.3 Å². The fourth-order valence-electron chi connectivity index (χ4n) is 1.97. The lowest BCUT2D eigenvalue weighted by atomic mass is 9.90. The first kappa shape index (κ1) is 14.6. The molecule has 0 saturated carbocycles. The molecule has 0 fully saturated rings. The molecular weight excluding hydrogens is 276 g/mol. The number of thiazole rings is 1. The number of carbonyl (C=O) groups excluding carboxylic acids is 1. The van der Waals surface area contributed by atoms with E-state index in [1.54, 1.807) is 34.6 Å². The Morgan fingerprint density at radius 3 is 2.75 bits per heavy atom. The molecule has 0 radical (unpaired) electrons. The first-order chi connectivity index (χ1) is 9.43. The van der Waals surface area contributed by atoms with Crippen LogP contribution in [0.2, 0.25) is 0 Å². The largest absolute Gasteiger partial charge is 0.461 e. The molecule has 0 aliphatic carbocycles. The highest BCUT2D eigenvalue weighted by atomic mass is 32.1. The van der Waals surface area contributed by atoms with Gasteiger partial charge >= 0.3 is 5.97 Å². The number of rotatable bonds is 4. The number of ether oxygens (including phenoxy) is 1. The number of hydrogen-bond donors (Lipinski definition) is 0. The van der Waals surface area contributed by atoms with Gasteiger partial charge < -0.3 is 4.74 Å². The second-order valence-electron chi connectivity index (χ2n) is 5.38. The second kappa shape index (κ2) is 5.70. The van der Waals surface area contributed by atoms with Gasteiger partial charge in [0.2, 0.25) is 0 Å². The highest BCUT2D eigenvalue weighted by molar-refractivity contribution is 7.09. The molecule has 108 valence electrons. The SMILES string of the molecule is CCOC(=O)c1nnn(Cc2cncs2)c1C(C)(C)C. The highest BCUT2D eigenvalue weighted by Crippen LogP contribution is 2.26. The van der Waals surface area contributed by atoms with Gasteiger partial charge in [-0.1, -0.05) is 26.0 Å². The molecule has 0 saturated heterocycles. The zero-order valence-corrected chi connectivity index (χ0v) is 12.9. The van der Waals surface area contributed by atoms with Crippen molar-refractivity contribution >= 4 is 17.3 Å². The molecule has 6 nitrogen and oxygen atoms in total. The van der Waals surface area contributed by atoms with Crippen LogP contribution in [0.3, 0.4) is 0 Å². The molecule has 0 atom stereocenters. The summed E-state index contributed by atoms with van der Waals surface area (Å²) >= 11 is 1.55. The average molecular weight is 294 g/mol. The number of nitrogens with zero attached hydrogens (tertiary/aromatic N) is 4. The van der Waals surface area contributed by atoms with Crippen LogP contribution in [0.15, 0.2) is 11.7 Å². The lowest BCUT2D eigenvalue weighted by Crippen LogP contribution is -2.22. The van der Waals surface area contributed by atoms with Crippen molar-refractivity contribution in [1.82, 2.24) is 20.0 Å². The minimum atomic E-state index is -0.423. The van der Waals surface area contributed by atoms with Crippen LogP contribution < -0.4 is 0 Å². The zero-order chi connectivity index (χ0) is 14.8. The van der Waals surface area contributed by atoms with E-state index in [1.807, 2.05) is 20.8 Å². The predicted molar refractivity (Wildman–Crippen MR) is 75.9 cm³/mol. The van der Waals surface area contributed by atoms with Crippen molar-refractivity contribution in [2.24, 2.45) is 0 Å². The van der Waals surface area contributed by atoms with Gasteiger partial charge in [-0.15, -0.1) is 16.4 Å². The summed E-state index contributed by atoms with van der Waals surface area (Å²) in [7, 11) is 0. The molecule has 2 aromatic rings. The summed E-state index contributed by atoms with van der Waals surface area (Å²) in [6, 6.07) is 0. The van der Waals surface area contributed by atoms with Crippen molar-refractivity contribution in [2.75, 3.05) is 6.61 Å². The monoisotopic (exact) mass is 294 g/mol. The van der Waals surface area contributed by atoms with Gasteiger partial charge in [0.1, 0.15) is 0 Å². The molecule has 2 rings (SSSR count). The number of esters is 1. The van der Waals surface area contributed by atoms with E-state index in [0.717, 1.165) is 10.6 Å². The molecule has 2 aromatic heterocycles. The first-order valence-electron chi connectivity index (χ1n) is 6.42. The van der Waals surface area contributed by atoms with Gasteiger partial charge in [0.05, 0.1) is 24.4 Å². The Bertz CT molecular complexity index is 584. The van der Waals surface area contributed by atoms with E-state index in [-0.39, 0.29) is 5.41 Å². The van der Waals surface area contributed by atoms with E-state index < -0.39 is 5.97 Å². The molecule has 7 heteroatoms. The number of hydrogen-bond acceptors (Lipinski definition) is 6. The van der Waals surface area contributed by atoms with Crippen molar-refractivity contribution < 1.29 is 9.53 Å². The van der Waals surface area contributed by atoms with Gasteiger partial charge in [-0.25, -0.2) is 9.48 Å². The maximum atomic E-state index is 12.0. The minimum Gasteiger partial charge on any atom is -0.461 e. The molecule has 0 unspecified atom stereocenters. The Labute approximate surface area is 121 Å². The Morgan fingerprint density at radius 2 is 2.20 bits per heavy atom. The van der Waals surface area contributed by atoms with E-state index in [9.17, 15) is 4.79 Å². The van der Waals surface area contributed by atoms with Crippen molar-refractivity contribution in [1.29, 1.82) is 0 Å². The van der Waals surface area contributed by atoms with E-state index >= 15 is 0 Å². The van der Waals surface area contributed by atoms with Crippen molar-refractivity contribution in [3.63, 3.8) is 0 Å². The molecule has 2 heterocycles. The van der Waals surface area contributed by atoms with Crippen LogP contribution in [0.5, 0.6) is 0 Å². The lowest BCUT2D eigenvalue weighted by Gasteiger charge is -2.20.